The highest BCUT2D eigenvalue weighted by atomic mass is 16.3. The third-order valence-corrected chi connectivity index (χ3v) is 6.84. The largest absolute Gasteiger partial charge is 0.511 e. The summed E-state index contributed by atoms with van der Waals surface area (Å²) in [5.41, 5.74) is 6.01. The first kappa shape index (κ1) is 20.7. The van der Waals surface area contributed by atoms with Crippen LogP contribution in [-0.2, 0) is 20.8 Å². The van der Waals surface area contributed by atoms with Crippen molar-refractivity contribution in [3.63, 3.8) is 0 Å². The first-order chi connectivity index (χ1) is 15.7. The summed E-state index contributed by atoms with van der Waals surface area (Å²) in [6.45, 7) is 0. The zero-order chi connectivity index (χ0) is 23.6. The van der Waals surface area contributed by atoms with E-state index in [2.05, 4.69) is 0 Å². The van der Waals surface area contributed by atoms with Crippen molar-refractivity contribution in [2.45, 2.75) is 19.3 Å². The zero-order valence-corrected chi connectivity index (χ0v) is 17.2. The summed E-state index contributed by atoms with van der Waals surface area (Å²) in [7, 11) is 0. The number of fused-ring (bicyclic) bond motifs is 3. The number of carbonyl (C=O) groups excluding carboxylic acids is 4. The number of hydrogen-bond donors (Lipinski definition) is 4. The molecule has 1 amide bonds. The Morgan fingerprint density at radius 3 is 2.58 bits per heavy atom. The molecule has 168 valence electrons. The minimum atomic E-state index is -1.17. The van der Waals surface area contributed by atoms with Crippen LogP contribution in [0, 0.1) is 17.8 Å². The van der Waals surface area contributed by atoms with Gasteiger partial charge in [0.1, 0.15) is 28.6 Å². The molecule has 9 heteroatoms. The third-order valence-electron chi connectivity index (χ3n) is 6.84. The van der Waals surface area contributed by atoms with Gasteiger partial charge in [-0.2, -0.15) is 0 Å². The molecule has 1 fully saturated rings. The van der Waals surface area contributed by atoms with Crippen molar-refractivity contribution in [2.75, 3.05) is 0 Å². The molecule has 1 heterocycles. The first-order valence-corrected chi connectivity index (χ1v) is 10.4. The van der Waals surface area contributed by atoms with Gasteiger partial charge in [-0.25, -0.2) is 0 Å². The molecular weight excluding hydrogens is 430 g/mol. The number of hydrogen-bond acceptors (Lipinski definition) is 8. The summed E-state index contributed by atoms with van der Waals surface area (Å²) >= 11 is 0. The summed E-state index contributed by atoms with van der Waals surface area (Å²) < 4.78 is 5.48. The molecule has 5 rings (SSSR count). The Labute approximate surface area is 186 Å². The Balaban J connectivity index is 1.69. The molecule has 3 aliphatic carbocycles. The lowest BCUT2D eigenvalue weighted by Gasteiger charge is -2.41. The van der Waals surface area contributed by atoms with Gasteiger partial charge in [0.15, 0.2) is 17.9 Å². The van der Waals surface area contributed by atoms with Gasteiger partial charge in [-0.05, 0) is 48.4 Å². The van der Waals surface area contributed by atoms with Crippen LogP contribution in [-0.4, -0.2) is 39.1 Å². The van der Waals surface area contributed by atoms with Crippen molar-refractivity contribution < 1.29 is 38.9 Å². The number of phenolic OH excluding ortho intramolecular Hbond substituents is 1. The number of primary amides is 1. The number of allylic oxidation sites excluding steroid dienone is 2. The second kappa shape index (κ2) is 7.19. The van der Waals surface area contributed by atoms with Crippen molar-refractivity contribution >= 4 is 29.5 Å². The number of aliphatic hydroxyl groups is 2. The van der Waals surface area contributed by atoms with Gasteiger partial charge in [-0.1, -0.05) is 0 Å². The molecule has 1 saturated carbocycles. The predicted molar refractivity (Wildman–Crippen MR) is 113 cm³/mol. The fraction of sp³-hybridized carbons (Fsp3) is 0.250. The van der Waals surface area contributed by atoms with Crippen LogP contribution in [0.3, 0.4) is 0 Å². The molecule has 3 atom stereocenters. The highest BCUT2D eigenvalue weighted by molar-refractivity contribution is 6.21. The van der Waals surface area contributed by atoms with E-state index in [4.69, 9.17) is 10.2 Å². The Hall–Kier alpha value is -4.14. The molecule has 33 heavy (non-hydrogen) atoms. The number of carbonyl (C=O) groups is 4. The van der Waals surface area contributed by atoms with Gasteiger partial charge < -0.3 is 25.5 Å². The van der Waals surface area contributed by atoms with Crippen LogP contribution >= 0.6 is 0 Å². The topological polar surface area (TPSA) is 168 Å². The van der Waals surface area contributed by atoms with E-state index in [1.165, 1.54) is 18.4 Å². The fourth-order valence-corrected chi connectivity index (χ4v) is 5.48. The minimum Gasteiger partial charge on any atom is -0.511 e. The number of benzene rings is 1. The van der Waals surface area contributed by atoms with E-state index in [1.807, 2.05) is 0 Å². The Morgan fingerprint density at radius 2 is 1.88 bits per heavy atom. The molecule has 0 aliphatic heterocycles. The monoisotopic (exact) mass is 449 g/mol. The van der Waals surface area contributed by atoms with Crippen LogP contribution in [0.1, 0.15) is 34.3 Å². The maximum atomic E-state index is 13.4. The quantitative estimate of drug-likeness (QED) is 0.409. The lowest BCUT2D eigenvalue weighted by molar-refractivity contribution is -0.127. The maximum absolute atomic E-state index is 13.4. The van der Waals surface area contributed by atoms with Gasteiger partial charge >= 0.3 is 0 Å². The summed E-state index contributed by atoms with van der Waals surface area (Å²) in [6, 6.07) is 4.41. The number of amides is 1. The summed E-state index contributed by atoms with van der Waals surface area (Å²) in [6.07, 6.45) is 2.38. The van der Waals surface area contributed by atoms with Crippen molar-refractivity contribution in [1.82, 2.24) is 0 Å². The first-order valence-electron chi connectivity index (χ1n) is 10.4. The molecule has 3 unspecified atom stereocenters. The van der Waals surface area contributed by atoms with Crippen LogP contribution in [0.25, 0.3) is 17.1 Å². The highest BCUT2D eigenvalue weighted by Crippen LogP contribution is 2.51. The lowest BCUT2D eigenvalue weighted by Crippen LogP contribution is -2.44. The van der Waals surface area contributed by atoms with E-state index < -0.39 is 52.3 Å². The molecule has 1 aromatic carbocycles. The molecule has 9 nitrogen and oxygen atoms in total. The molecule has 3 aliphatic rings. The van der Waals surface area contributed by atoms with Crippen molar-refractivity contribution in [3.8, 4) is 17.1 Å². The molecule has 1 aromatic heterocycles. The lowest BCUT2D eigenvalue weighted by atomic mass is 9.61. The Kier molecular flexibility index (Phi) is 4.52. The highest BCUT2D eigenvalue weighted by Gasteiger charge is 2.51. The van der Waals surface area contributed by atoms with Crippen molar-refractivity contribution in [2.24, 2.45) is 23.5 Å². The number of aromatic hydroxyl groups is 1. The molecule has 0 bridgehead atoms. The summed E-state index contributed by atoms with van der Waals surface area (Å²) in [5, 5.41) is 32.2. The fourth-order valence-electron chi connectivity index (χ4n) is 5.48. The van der Waals surface area contributed by atoms with E-state index in [0.29, 0.717) is 23.0 Å². The average Bonchev–Trinajstić information content (AvgIpc) is 3.21. The number of phenols is 1. The second-order valence-corrected chi connectivity index (χ2v) is 8.56. The van der Waals surface area contributed by atoms with E-state index in [1.54, 1.807) is 6.07 Å². The van der Waals surface area contributed by atoms with E-state index >= 15 is 0 Å². The molecule has 0 radical (unpaired) electrons. The van der Waals surface area contributed by atoms with E-state index in [-0.39, 0.29) is 41.9 Å². The van der Waals surface area contributed by atoms with Gasteiger partial charge in [0.05, 0.1) is 23.3 Å². The number of aliphatic hydroxyl groups excluding tert-OH is 2. The van der Waals surface area contributed by atoms with Crippen LogP contribution < -0.4 is 5.73 Å². The van der Waals surface area contributed by atoms with E-state index in [9.17, 15) is 34.5 Å². The number of furan rings is 1. The second-order valence-electron chi connectivity index (χ2n) is 8.56. The van der Waals surface area contributed by atoms with Gasteiger partial charge in [0.2, 0.25) is 0 Å². The standard InChI is InChI=1S/C24H19NO8/c25-24(32)19-15(28)7-11-5-10-6-13-12(23-9(8-26)3-4-33-23)1-2-14(27)18(13)21(30)16(10)20(29)17(11)22(19)31/h1-4,8,10-11,17,27,30-31H,5-7H2,(H2,25,32). The maximum Gasteiger partial charge on any atom is 0.255 e. The summed E-state index contributed by atoms with van der Waals surface area (Å²) in [5.74, 6) is -5.66. The summed E-state index contributed by atoms with van der Waals surface area (Å²) in [4.78, 5) is 48.9. The zero-order valence-electron chi connectivity index (χ0n) is 17.2. The number of ketones is 2. The minimum absolute atomic E-state index is 0.0241. The van der Waals surface area contributed by atoms with Gasteiger partial charge in [-0.15, -0.1) is 0 Å². The van der Waals surface area contributed by atoms with Gasteiger partial charge in [0, 0.05) is 17.6 Å². The number of nitrogens with two attached hydrogens (primary N) is 1. The molecule has 0 saturated heterocycles. The third kappa shape index (κ3) is 2.85. The SMILES string of the molecule is NC(=O)C1=C(O)C2C(=O)C3=C(O)c4c(O)ccc(-c5occc5C=O)c4CC3CC2CC1=O. The molecule has 2 aromatic rings. The smallest absolute Gasteiger partial charge is 0.255 e. The van der Waals surface area contributed by atoms with Crippen molar-refractivity contribution in [3.05, 3.63) is 58.1 Å². The average molecular weight is 449 g/mol. The van der Waals surface area contributed by atoms with Crippen LogP contribution in [0.5, 0.6) is 5.75 Å². The van der Waals surface area contributed by atoms with Gasteiger partial charge in [-0.3, -0.25) is 19.2 Å². The van der Waals surface area contributed by atoms with Gasteiger partial charge in [0.25, 0.3) is 5.91 Å². The van der Waals surface area contributed by atoms with Crippen molar-refractivity contribution in [1.29, 1.82) is 0 Å². The predicted octanol–water partition coefficient (Wildman–Crippen LogP) is 2.38. The Bertz CT molecular complexity index is 1330. The van der Waals surface area contributed by atoms with E-state index in [0.717, 1.165) is 0 Å². The number of rotatable bonds is 3. The number of aldehydes is 1. The normalized spacial score (nSPS) is 24.3. The Morgan fingerprint density at radius 1 is 1.12 bits per heavy atom. The van der Waals surface area contributed by atoms with Crippen LogP contribution in [0.15, 0.2) is 45.8 Å². The molecule has 5 N–H and O–H groups in total. The van der Waals surface area contributed by atoms with Crippen LogP contribution in [0.4, 0.5) is 0 Å². The van der Waals surface area contributed by atoms with Crippen LogP contribution in [0.2, 0.25) is 0 Å². The molecular formula is C24H19NO8. The molecule has 0 spiro atoms. The number of Topliss-reactive ketones (excluding diaryl/α,β-unsaturated/α-hetero) is 2.